The average molecular weight is 419 g/mol. The van der Waals surface area contributed by atoms with Crippen molar-refractivity contribution in [3.05, 3.63) is 53.3 Å². The van der Waals surface area contributed by atoms with Gasteiger partial charge in [0.25, 0.3) is 0 Å². The third-order valence-corrected chi connectivity index (χ3v) is 7.13. The summed E-state index contributed by atoms with van der Waals surface area (Å²) >= 11 is 0. The van der Waals surface area contributed by atoms with Crippen LogP contribution in [0.2, 0.25) is 0 Å². The zero-order chi connectivity index (χ0) is 21.7. The normalized spacial score (nSPS) is 29.8. The van der Waals surface area contributed by atoms with Crippen LogP contribution in [0.25, 0.3) is 11.1 Å². The summed E-state index contributed by atoms with van der Waals surface area (Å²) in [6.45, 7) is 4.94. The number of rotatable bonds is 3. The van der Waals surface area contributed by atoms with Crippen molar-refractivity contribution in [2.45, 2.75) is 56.6 Å². The maximum Gasteiger partial charge on any atom is 0.416 e. The fraction of sp³-hybridized carbons (Fsp3) is 0.522. The van der Waals surface area contributed by atoms with Crippen LogP contribution in [0.3, 0.4) is 0 Å². The lowest BCUT2D eigenvalue weighted by Crippen LogP contribution is -2.61. The summed E-state index contributed by atoms with van der Waals surface area (Å²) in [4.78, 5) is 7.18. The summed E-state index contributed by atoms with van der Waals surface area (Å²) in [6.07, 6.45) is -1.37. The molecular weight excluding hydrogens is 391 g/mol. The number of benzene rings is 1. The van der Waals surface area contributed by atoms with E-state index in [-0.39, 0.29) is 11.6 Å². The molecule has 3 atom stereocenters. The molecule has 30 heavy (non-hydrogen) atoms. The van der Waals surface area contributed by atoms with Crippen molar-refractivity contribution >= 4 is 0 Å². The van der Waals surface area contributed by atoms with E-state index in [1.165, 1.54) is 12.1 Å². The molecule has 2 aliphatic heterocycles. The van der Waals surface area contributed by atoms with Crippen LogP contribution in [-0.2, 0) is 10.9 Å². The molecule has 1 spiro atoms. The number of ether oxygens (including phenoxy) is 1. The van der Waals surface area contributed by atoms with Gasteiger partial charge in [-0.3, -0.25) is 15.2 Å². The topological polar surface area (TPSA) is 37.4 Å². The van der Waals surface area contributed by atoms with Crippen molar-refractivity contribution in [2.24, 2.45) is 0 Å². The van der Waals surface area contributed by atoms with E-state index >= 15 is 0 Å². The number of halogens is 3. The Balaban J connectivity index is 1.66. The molecule has 0 amide bonds. The van der Waals surface area contributed by atoms with Gasteiger partial charge in [0.2, 0.25) is 0 Å². The van der Waals surface area contributed by atoms with E-state index in [1.54, 1.807) is 7.11 Å². The van der Waals surface area contributed by atoms with Crippen molar-refractivity contribution < 1.29 is 17.9 Å². The Morgan fingerprint density at radius 1 is 1.13 bits per heavy atom. The molecule has 7 heteroatoms. The van der Waals surface area contributed by atoms with Gasteiger partial charge in [0.1, 0.15) is 5.72 Å². The molecule has 1 unspecified atom stereocenters. The lowest BCUT2D eigenvalue weighted by molar-refractivity contribution is -0.137. The Hall–Kier alpha value is -1.96. The van der Waals surface area contributed by atoms with Crippen molar-refractivity contribution in [3.8, 4) is 11.1 Å². The molecule has 3 heterocycles. The highest BCUT2D eigenvalue weighted by atomic mass is 19.4. The molecule has 2 fully saturated rings. The van der Waals surface area contributed by atoms with Crippen LogP contribution in [0, 0.1) is 6.92 Å². The van der Waals surface area contributed by atoms with Crippen LogP contribution < -0.4 is 5.32 Å². The molecule has 2 aliphatic rings. The SMILES string of the molecule is COC1(C)NCC[C@@]12CC[C@H](c1cc(-c3ccc(C(F)(F)F)cc3)cc(C)n1)N2C. The van der Waals surface area contributed by atoms with E-state index in [1.807, 2.05) is 19.1 Å². The molecule has 0 bridgehead atoms. The summed E-state index contributed by atoms with van der Waals surface area (Å²) in [7, 11) is 3.87. The van der Waals surface area contributed by atoms with Crippen LogP contribution in [0.5, 0.6) is 0 Å². The van der Waals surface area contributed by atoms with E-state index in [9.17, 15) is 13.2 Å². The third-order valence-electron chi connectivity index (χ3n) is 7.13. The standard InChI is InChI=1S/C23H28F3N3O/c1-15-13-17(16-5-7-18(8-6-16)23(24,25)26)14-19(28-15)20-9-10-22(29(20)3)11-12-27-21(22,2)30-4/h5-8,13-14,20,27H,9-12H2,1-4H3/t20-,21?,22+/m1/s1. The molecular formula is C23H28F3N3O. The van der Waals surface area contributed by atoms with Crippen LogP contribution in [0.1, 0.15) is 49.2 Å². The van der Waals surface area contributed by atoms with Crippen LogP contribution in [0.15, 0.2) is 36.4 Å². The molecule has 4 nitrogen and oxygen atoms in total. The lowest BCUT2D eigenvalue weighted by atomic mass is 9.85. The van der Waals surface area contributed by atoms with E-state index in [0.717, 1.165) is 60.5 Å². The second kappa shape index (κ2) is 7.32. The lowest BCUT2D eigenvalue weighted by Gasteiger charge is -2.45. The Bertz CT molecular complexity index is 930. The van der Waals surface area contributed by atoms with Gasteiger partial charge in [-0.2, -0.15) is 13.2 Å². The molecule has 1 aromatic carbocycles. The number of methoxy groups -OCH3 is 1. The fourth-order valence-electron chi connectivity index (χ4n) is 5.32. The van der Waals surface area contributed by atoms with Gasteiger partial charge in [-0.1, -0.05) is 12.1 Å². The second-order valence-corrected chi connectivity index (χ2v) is 8.61. The van der Waals surface area contributed by atoms with Gasteiger partial charge in [0.15, 0.2) is 0 Å². The number of hydrogen-bond donors (Lipinski definition) is 1. The third kappa shape index (κ3) is 3.33. The Morgan fingerprint density at radius 2 is 1.83 bits per heavy atom. The quantitative estimate of drug-likeness (QED) is 0.765. The van der Waals surface area contributed by atoms with Crippen LogP contribution in [-0.4, -0.2) is 41.9 Å². The number of likely N-dealkylation sites (N-methyl/N-ethyl adjacent to an activating group) is 1. The first-order valence-corrected chi connectivity index (χ1v) is 10.3. The zero-order valence-corrected chi connectivity index (χ0v) is 17.8. The summed E-state index contributed by atoms with van der Waals surface area (Å²) < 4.78 is 44.6. The van der Waals surface area contributed by atoms with Crippen molar-refractivity contribution in [1.82, 2.24) is 15.2 Å². The highest BCUT2D eigenvalue weighted by molar-refractivity contribution is 5.64. The first-order valence-electron chi connectivity index (χ1n) is 10.3. The maximum absolute atomic E-state index is 12.9. The largest absolute Gasteiger partial charge is 0.416 e. The minimum Gasteiger partial charge on any atom is -0.362 e. The predicted molar refractivity (Wildman–Crippen MR) is 110 cm³/mol. The van der Waals surface area contributed by atoms with E-state index in [0.29, 0.717) is 0 Å². The van der Waals surface area contributed by atoms with Gasteiger partial charge in [-0.05, 0) is 82.1 Å². The number of aryl methyl sites for hydroxylation is 1. The number of nitrogens with one attached hydrogen (secondary N) is 1. The number of pyridine rings is 1. The van der Waals surface area contributed by atoms with Crippen LogP contribution in [0.4, 0.5) is 13.2 Å². The summed E-state index contributed by atoms with van der Waals surface area (Å²) in [6, 6.07) is 9.40. The summed E-state index contributed by atoms with van der Waals surface area (Å²) in [5.74, 6) is 0. The molecule has 0 aliphatic carbocycles. The fourth-order valence-corrected chi connectivity index (χ4v) is 5.32. The second-order valence-electron chi connectivity index (χ2n) is 8.61. The maximum atomic E-state index is 12.9. The molecule has 1 N–H and O–H groups in total. The smallest absolute Gasteiger partial charge is 0.362 e. The predicted octanol–water partition coefficient (Wildman–Crippen LogP) is 4.94. The number of alkyl halides is 3. The van der Waals surface area contributed by atoms with Gasteiger partial charge in [-0.25, -0.2) is 0 Å². The summed E-state index contributed by atoms with van der Waals surface area (Å²) in [5, 5.41) is 3.51. The van der Waals surface area contributed by atoms with Crippen molar-refractivity contribution in [3.63, 3.8) is 0 Å². The Kier molecular flexibility index (Phi) is 5.19. The van der Waals surface area contributed by atoms with Gasteiger partial charge in [-0.15, -0.1) is 0 Å². The van der Waals surface area contributed by atoms with Crippen molar-refractivity contribution in [1.29, 1.82) is 0 Å². The number of hydrogen-bond acceptors (Lipinski definition) is 4. The van der Waals surface area contributed by atoms with Crippen molar-refractivity contribution in [2.75, 3.05) is 20.7 Å². The summed E-state index contributed by atoms with van der Waals surface area (Å²) in [5.41, 5.74) is 2.30. The molecule has 1 aromatic heterocycles. The highest BCUT2D eigenvalue weighted by Gasteiger charge is 2.59. The van der Waals surface area contributed by atoms with Gasteiger partial charge < -0.3 is 4.74 Å². The highest BCUT2D eigenvalue weighted by Crippen LogP contribution is 2.51. The minimum atomic E-state index is -4.33. The molecule has 0 radical (unpaired) electrons. The molecule has 2 aromatic rings. The molecule has 2 saturated heterocycles. The first kappa shape index (κ1) is 21.3. The van der Waals surface area contributed by atoms with E-state index in [4.69, 9.17) is 9.72 Å². The molecule has 4 rings (SSSR count). The van der Waals surface area contributed by atoms with Crippen LogP contribution >= 0.6 is 0 Å². The minimum absolute atomic E-state index is 0.105. The Morgan fingerprint density at radius 3 is 2.47 bits per heavy atom. The molecule has 162 valence electrons. The van der Waals surface area contributed by atoms with E-state index < -0.39 is 17.5 Å². The number of likely N-dealkylation sites (tertiary alicyclic amines) is 1. The van der Waals surface area contributed by atoms with Gasteiger partial charge >= 0.3 is 6.18 Å². The number of nitrogens with zero attached hydrogens (tertiary/aromatic N) is 2. The number of aromatic nitrogens is 1. The Labute approximate surface area is 175 Å². The van der Waals surface area contributed by atoms with Gasteiger partial charge in [0, 0.05) is 12.8 Å². The first-order chi connectivity index (χ1) is 14.1. The zero-order valence-electron chi connectivity index (χ0n) is 17.8. The monoisotopic (exact) mass is 419 g/mol. The van der Waals surface area contributed by atoms with E-state index in [2.05, 4.69) is 24.2 Å². The average Bonchev–Trinajstić information content (AvgIpc) is 3.22. The van der Waals surface area contributed by atoms with Gasteiger partial charge in [0.05, 0.1) is 22.8 Å². The molecule has 0 saturated carbocycles.